The summed E-state index contributed by atoms with van der Waals surface area (Å²) in [4.78, 5) is 17.1. The summed E-state index contributed by atoms with van der Waals surface area (Å²) in [6, 6.07) is 8.47. The number of benzene rings is 1. The van der Waals surface area contributed by atoms with Crippen LogP contribution in [0.15, 0.2) is 24.3 Å². The van der Waals surface area contributed by atoms with Crippen molar-refractivity contribution in [3.63, 3.8) is 0 Å². The maximum atomic E-state index is 12.2. The van der Waals surface area contributed by atoms with E-state index in [0.29, 0.717) is 12.5 Å². The fourth-order valence-corrected chi connectivity index (χ4v) is 3.14. The molecular weight excluding hydrogens is 302 g/mol. The van der Waals surface area contributed by atoms with Crippen LogP contribution in [0.4, 0.5) is 11.4 Å². The van der Waals surface area contributed by atoms with Crippen molar-refractivity contribution in [3.8, 4) is 0 Å². The highest BCUT2D eigenvalue weighted by molar-refractivity contribution is 5.97. The third kappa shape index (κ3) is 4.71. The smallest absolute Gasteiger partial charge is 0.256 e. The average Bonchev–Trinajstić information content (AvgIpc) is 2.55. The Morgan fingerprint density at radius 2 is 1.96 bits per heavy atom. The highest BCUT2D eigenvalue weighted by atomic mass is 16.3. The van der Waals surface area contributed by atoms with Crippen molar-refractivity contribution in [3.05, 3.63) is 24.3 Å². The zero-order valence-electron chi connectivity index (χ0n) is 15.4. The SMILES string of the molecule is CCCC(C)(O)C(=O)Nc1cccc(N2CCN(C(C)C)CC2)c1. The molecule has 24 heavy (non-hydrogen) atoms. The van der Waals surface area contributed by atoms with E-state index in [1.54, 1.807) is 6.92 Å². The maximum absolute atomic E-state index is 12.2. The normalized spacial score (nSPS) is 18.5. The number of nitrogens with one attached hydrogen (secondary N) is 1. The third-order valence-electron chi connectivity index (χ3n) is 4.74. The van der Waals surface area contributed by atoms with Crippen LogP contribution >= 0.6 is 0 Å². The van der Waals surface area contributed by atoms with Gasteiger partial charge in [-0.3, -0.25) is 9.69 Å². The molecule has 2 N–H and O–H groups in total. The average molecular weight is 333 g/mol. The van der Waals surface area contributed by atoms with E-state index in [2.05, 4.69) is 35.0 Å². The van der Waals surface area contributed by atoms with Gasteiger partial charge in [0.2, 0.25) is 0 Å². The van der Waals surface area contributed by atoms with Gasteiger partial charge in [-0.2, -0.15) is 0 Å². The quantitative estimate of drug-likeness (QED) is 0.840. The molecule has 134 valence electrons. The summed E-state index contributed by atoms with van der Waals surface area (Å²) in [5, 5.41) is 13.1. The predicted octanol–water partition coefficient (Wildman–Crippen LogP) is 2.71. The summed E-state index contributed by atoms with van der Waals surface area (Å²) in [5.74, 6) is -0.342. The van der Waals surface area contributed by atoms with E-state index in [0.717, 1.165) is 44.0 Å². The lowest BCUT2D eigenvalue weighted by Crippen LogP contribution is -2.48. The molecule has 0 aliphatic carbocycles. The molecule has 1 aliphatic heterocycles. The van der Waals surface area contributed by atoms with Crippen molar-refractivity contribution >= 4 is 17.3 Å². The molecule has 1 heterocycles. The lowest BCUT2D eigenvalue weighted by Gasteiger charge is -2.38. The van der Waals surface area contributed by atoms with Gasteiger partial charge in [-0.15, -0.1) is 0 Å². The van der Waals surface area contributed by atoms with E-state index in [4.69, 9.17) is 0 Å². The van der Waals surface area contributed by atoms with Crippen molar-refractivity contribution in [1.82, 2.24) is 4.90 Å². The molecule has 1 unspecified atom stereocenters. The second-order valence-electron chi connectivity index (χ2n) is 7.15. The van der Waals surface area contributed by atoms with Gasteiger partial charge in [0.05, 0.1) is 0 Å². The molecule has 1 aliphatic rings. The van der Waals surface area contributed by atoms with Crippen LogP contribution in [0.25, 0.3) is 0 Å². The maximum Gasteiger partial charge on any atom is 0.256 e. The summed E-state index contributed by atoms with van der Waals surface area (Å²) in [7, 11) is 0. The summed E-state index contributed by atoms with van der Waals surface area (Å²) >= 11 is 0. The van der Waals surface area contributed by atoms with Gasteiger partial charge in [-0.1, -0.05) is 19.4 Å². The van der Waals surface area contributed by atoms with Gasteiger partial charge >= 0.3 is 0 Å². The lowest BCUT2D eigenvalue weighted by atomic mass is 9.99. The largest absolute Gasteiger partial charge is 0.380 e. The zero-order valence-corrected chi connectivity index (χ0v) is 15.4. The Kier molecular flexibility index (Phi) is 6.24. The summed E-state index contributed by atoms with van der Waals surface area (Å²) < 4.78 is 0. The van der Waals surface area contributed by atoms with Crippen molar-refractivity contribution in [2.45, 2.75) is 52.2 Å². The van der Waals surface area contributed by atoms with Crippen molar-refractivity contribution in [2.24, 2.45) is 0 Å². The summed E-state index contributed by atoms with van der Waals surface area (Å²) in [5.41, 5.74) is 0.527. The van der Waals surface area contributed by atoms with Crippen LogP contribution in [-0.4, -0.2) is 53.7 Å². The molecule has 0 spiro atoms. The zero-order chi connectivity index (χ0) is 17.7. The molecule has 2 rings (SSSR count). The molecule has 1 saturated heterocycles. The number of anilines is 2. The van der Waals surface area contributed by atoms with Gasteiger partial charge in [0.1, 0.15) is 5.60 Å². The Morgan fingerprint density at radius 3 is 2.54 bits per heavy atom. The highest BCUT2D eigenvalue weighted by Gasteiger charge is 2.29. The second-order valence-corrected chi connectivity index (χ2v) is 7.15. The number of amides is 1. The van der Waals surface area contributed by atoms with Crippen LogP contribution in [0, 0.1) is 0 Å². The Balaban J connectivity index is 2.01. The van der Waals surface area contributed by atoms with Crippen molar-refractivity contribution in [2.75, 3.05) is 36.4 Å². The Bertz CT molecular complexity index is 549. The number of nitrogens with zero attached hydrogens (tertiary/aromatic N) is 2. The fourth-order valence-electron chi connectivity index (χ4n) is 3.14. The van der Waals surface area contributed by atoms with Crippen LogP contribution < -0.4 is 10.2 Å². The van der Waals surface area contributed by atoms with Crippen molar-refractivity contribution in [1.29, 1.82) is 0 Å². The first-order valence-corrected chi connectivity index (χ1v) is 8.96. The van der Waals surface area contributed by atoms with Crippen LogP contribution in [0.3, 0.4) is 0 Å². The van der Waals surface area contributed by atoms with Crippen LogP contribution in [0.5, 0.6) is 0 Å². The molecule has 0 saturated carbocycles. The van der Waals surface area contributed by atoms with Gasteiger partial charge in [-0.05, 0) is 45.4 Å². The minimum atomic E-state index is -1.33. The van der Waals surface area contributed by atoms with Gasteiger partial charge in [0.15, 0.2) is 0 Å². The van der Waals surface area contributed by atoms with E-state index in [1.807, 2.05) is 25.1 Å². The topological polar surface area (TPSA) is 55.8 Å². The number of carbonyl (C=O) groups is 1. The van der Waals surface area contributed by atoms with E-state index >= 15 is 0 Å². The van der Waals surface area contributed by atoms with Crippen LogP contribution in [0.2, 0.25) is 0 Å². The number of carbonyl (C=O) groups excluding carboxylic acids is 1. The molecule has 1 aromatic carbocycles. The number of hydrogen-bond acceptors (Lipinski definition) is 4. The first-order valence-electron chi connectivity index (χ1n) is 8.96. The number of aliphatic hydroxyl groups is 1. The number of hydrogen-bond donors (Lipinski definition) is 2. The number of rotatable bonds is 6. The molecule has 1 fully saturated rings. The molecule has 1 aromatic rings. The van der Waals surface area contributed by atoms with Crippen LogP contribution in [-0.2, 0) is 4.79 Å². The highest BCUT2D eigenvalue weighted by Crippen LogP contribution is 2.23. The van der Waals surface area contributed by atoms with Gasteiger partial charge < -0.3 is 15.3 Å². The van der Waals surface area contributed by atoms with Gasteiger partial charge in [0.25, 0.3) is 5.91 Å². The monoisotopic (exact) mass is 333 g/mol. The molecule has 0 bridgehead atoms. The molecular formula is C19H31N3O2. The molecule has 1 amide bonds. The predicted molar refractivity (Wildman–Crippen MR) is 99.5 cm³/mol. The minimum absolute atomic E-state index is 0.342. The third-order valence-corrected chi connectivity index (χ3v) is 4.74. The number of piperazine rings is 1. The molecule has 5 heteroatoms. The minimum Gasteiger partial charge on any atom is -0.380 e. The molecule has 0 aromatic heterocycles. The van der Waals surface area contributed by atoms with E-state index in [1.165, 1.54) is 0 Å². The van der Waals surface area contributed by atoms with Crippen LogP contribution in [0.1, 0.15) is 40.5 Å². The van der Waals surface area contributed by atoms with E-state index in [-0.39, 0.29) is 5.91 Å². The Morgan fingerprint density at radius 1 is 1.29 bits per heavy atom. The van der Waals surface area contributed by atoms with E-state index in [9.17, 15) is 9.90 Å². The van der Waals surface area contributed by atoms with Gasteiger partial charge in [-0.25, -0.2) is 0 Å². The summed E-state index contributed by atoms with van der Waals surface area (Å²) in [6.07, 6.45) is 1.22. The standard InChI is InChI=1S/C19H31N3O2/c1-5-9-19(4,24)18(23)20-16-7-6-8-17(14-16)22-12-10-21(11-13-22)15(2)3/h6-8,14-15,24H,5,9-13H2,1-4H3,(H,20,23). The van der Waals surface area contributed by atoms with Gasteiger partial charge in [0, 0.05) is 43.6 Å². The fraction of sp³-hybridized carbons (Fsp3) is 0.632. The Labute approximate surface area is 145 Å². The summed E-state index contributed by atoms with van der Waals surface area (Å²) in [6.45, 7) is 12.1. The Hall–Kier alpha value is -1.59. The molecule has 1 atom stereocenters. The second kappa shape index (κ2) is 7.99. The first kappa shape index (κ1) is 18.7. The first-order chi connectivity index (χ1) is 11.3. The molecule has 5 nitrogen and oxygen atoms in total. The molecule has 0 radical (unpaired) electrons. The van der Waals surface area contributed by atoms with E-state index < -0.39 is 5.60 Å². The lowest BCUT2D eigenvalue weighted by molar-refractivity contribution is -0.133. The van der Waals surface area contributed by atoms with Crippen molar-refractivity contribution < 1.29 is 9.90 Å².